The molecule has 0 bridgehead atoms. The van der Waals surface area contributed by atoms with Gasteiger partial charge in [-0.2, -0.15) is 0 Å². The highest BCUT2D eigenvalue weighted by atomic mass is 16.2. The summed E-state index contributed by atoms with van der Waals surface area (Å²) >= 11 is 0. The number of aromatic nitrogens is 1. The molecule has 134 valence electrons. The molecule has 25 heavy (non-hydrogen) atoms. The van der Waals surface area contributed by atoms with Crippen LogP contribution in [0.1, 0.15) is 31.9 Å². The standard InChI is InChI=1S/C18H24N4O3/c1-14-18(25)21(11-5-10-20-9-4-7-16(20)23)13-17(24)22(14)12-15-6-2-3-8-19-15/h2-3,6,8,14H,4-5,7,9-13H2,1H3/t14-/m0/s1. The third-order valence-corrected chi connectivity index (χ3v) is 4.87. The molecule has 1 aromatic rings. The molecule has 7 nitrogen and oxygen atoms in total. The van der Waals surface area contributed by atoms with E-state index in [1.54, 1.807) is 22.9 Å². The Labute approximate surface area is 147 Å². The number of nitrogens with zero attached hydrogens (tertiary/aromatic N) is 4. The largest absolute Gasteiger partial charge is 0.343 e. The van der Waals surface area contributed by atoms with Gasteiger partial charge in [0.2, 0.25) is 17.7 Å². The fourth-order valence-corrected chi connectivity index (χ4v) is 3.42. The molecule has 7 heteroatoms. The lowest BCUT2D eigenvalue weighted by atomic mass is 10.1. The van der Waals surface area contributed by atoms with E-state index < -0.39 is 6.04 Å². The van der Waals surface area contributed by atoms with Crippen LogP contribution in [0.2, 0.25) is 0 Å². The number of piperazine rings is 1. The molecule has 0 aromatic carbocycles. The molecule has 1 aromatic heterocycles. The van der Waals surface area contributed by atoms with Gasteiger partial charge in [-0.25, -0.2) is 0 Å². The van der Waals surface area contributed by atoms with Crippen LogP contribution in [-0.2, 0) is 20.9 Å². The summed E-state index contributed by atoms with van der Waals surface area (Å²) in [6, 6.07) is 5.05. The van der Waals surface area contributed by atoms with Crippen molar-refractivity contribution in [2.24, 2.45) is 0 Å². The quantitative estimate of drug-likeness (QED) is 0.760. The highest BCUT2D eigenvalue weighted by molar-refractivity contribution is 5.94. The lowest BCUT2D eigenvalue weighted by Crippen LogP contribution is -2.58. The summed E-state index contributed by atoms with van der Waals surface area (Å²) in [5.74, 6) is 0.0919. The van der Waals surface area contributed by atoms with E-state index >= 15 is 0 Å². The minimum atomic E-state index is -0.489. The van der Waals surface area contributed by atoms with Crippen molar-refractivity contribution in [3.8, 4) is 0 Å². The van der Waals surface area contributed by atoms with Crippen molar-refractivity contribution in [2.45, 2.75) is 38.8 Å². The Morgan fingerprint density at radius 1 is 1.12 bits per heavy atom. The van der Waals surface area contributed by atoms with Crippen LogP contribution >= 0.6 is 0 Å². The predicted octanol–water partition coefficient (Wildman–Crippen LogP) is 0.653. The molecule has 2 aliphatic heterocycles. The van der Waals surface area contributed by atoms with Crippen molar-refractivity contribution in [1.82, 2.24) is 19.7 Å². The molecule has 0 radical (unpaired) electrons. The van der Waals surface area contributed by atoms with Crippen LogP contribution in [0.25, 0.3) is 0 Å². The molecule has 0 saturated carbocycles. The van der Waals surface area contributed by atoms with E-state index in [9.17, 15) is 14.4 Å². The Bertz CT molecular complexity index is 649. The predicted molar refractivity (Wildman–Crippen MR) is 91.3 cm³/mol. The van der Waals surface area contributed by atoms with Gasteiger partial charge in [0, 0.05) is 32.3 Å². The highest BCUT2D eigenvalue weighted by Gasteiger charge is 2.36. The van der Waals surface area contributed by atoms with Crippen LogP contribution in [0.3, 0.4) is 0 Å². The lowest BCUT2D eigenvalue weighted by Gasteiger charge is -2.38. The molecular formula is C18H24N4O3. The van der Waals surface area contributed by atoms with E-state index in [-0.39, 0.29) is 24.3 Å². The second-order valence-corrected chi connectivity index (χ2v) is 6.62. The maximum atomic E-state index is 12.6. The molecule has 2 saturated heterocycles. The summed E-state index contributed by atoms with van der Waals surface area (Å²) in [7, 11) is 0. The average Bonchev–Trinajstić information content (AvgIpc) is 3.02. The number of carbonyl (C=O) groups excluding carboxylic acids is 3. The summed E-state index contributed by atoms with van der Waals surface area (Å²) < 4.78 is 0. The monoisotopic (exact) mass is 344 g/mol. The molecule has 0 N–H and O–H groups in total. The second kappa shape index (κ2) is 7.63. The molecule has 3 amide bonds. The number of rotatable bonds is 6. The number of hydrogen-bond donors (Lipinski definition) is 0. The fraction of sp³-hybridized carbons (Fsp3) is 0.556. The molecule has 2 aliphatic rings. The van der Waals surface area contributed by atoms with Gasteiger partial charge in [0.05, 0.1) is 18.8 Å². The van der Waals surface area contributed by atoms with Crippen molar-refractivity contribution < 1.29 is 14.4 Å². The minimum Gasteiger partial charge on any atom is -0.343 e. The van der Waals surface area contributed by atoms with Gasteiger partial charge in [-0.1, -0.05) is 6.07 Å². The Balaban J connectivity index is 1.54. The van der Waals surface area contributed by atoms with Crippen LogP contribution in [0.5, 0.6) is 0 Å². The number of likely N-dealkylation sites (tertiary alicyclic amines) is 1. The molecule has 2 fully saturated rings. The minimum absolute atomic E-state index is 0.0386. The summed E-state index contributed by atoms with van der Waals surface area (Å²) in [6.07, 6.45) is 3.93. The van der Waals surface area contributed by atoms with Crippen molar-refractivity contribution >= 4 is 17.7 Å². The Kier molecular flexibility index (Phi) is 5.31. The van der Waals surface area contributed by atoms with E-state index in [1.807, 2.05) is 23.1 Å². The van der Waals surface area contributed by atoms with Crippen molar-refractivity contribution in [3.05, 3.63) is 30.1 Å². The normalized spacial score (nSPS) is 21.4. The number of carbonyl (C=O) groups is 3. The van der Waals surface area contributed by atoms with E-state index in [2.05, 4.69) is 4.98 Å². The van der Waals surface area contributed by atoms with Gasteiger partial charge >= 0.3 is 0 Å². The topological polar surface area (TPSA) is 73.8 Å². The molecule has 3 heterocycles. The Morgan fingerprint density at radius 2 is 1.92 bits per heavy atom. The van der Waals surface area contributed by atoms with Gasteiger partial charge in [0.15, 0.2) is 0 Å². The van der Waals surface area contributed by atoms with Crippen molar-refractivity contribution in [1.29, 1.82) is 0 Å². The molecule has 0 unspecified atom stereocenters. The third kappa shape index (κ3) is 3.97. The van der Waals surface area contributed by atoms with Crippen molar-refractivity contribution in [3.63, 3.8) is 0 Å². The lowest BCUT2D eigenvalue weighted by molar-refractivity contribution is -0.155. The summed E-state index contributed by atoms with van der Waals surface area (Å²) in [5, 5.41) is 0. The van der Waals surface area contributed by atoms with Crippen LogP contribution in [0, 0.1) is 0 Å². The van der Waals surface area contributed by atoms with E-state index in [1.165, 1.54) is 0 Å². The summed E-state index contributed by atoms with van der Waals surface area (Å²) in [6.45, 7) is 4.19. The van der Waals surface area contributed by atoms with E-state index in [4.69, 9.17) is 0 Å². The zero-order valence-electron chi connectivity index (χ0n) is 14.6. The van der Waals surface area contributed by atoms with Gasteiger partial charge in [-0.3, -0.25) is 19.4 Å². The summed E-state index contributed by atoms with van der Waals surface area (Å²) in [4.78, 5) is 46.0. The smallest absolute Gasteiger partial charge is 0.245 e. The SMILES string of the molecule is C[C@H]1C(=O)N(CCCN2CCCC2=O)CC(=O)N1Cc1ccccn1. The summed E-state index contributed by atoms with van der Waals surface area (Å²) in [5.41, 5.74) is 0.775. The molecule has 1 atom stereocenters. The first-order valence-electron chi connectivity index (χ1n) is 8.82. The average molecular weight is 344 g/mol. The number of pyridine rings is 1. The Morgan fingerprint density at radius 3 is 2.60 bits per heavy atom. The van der Waals surface area contributed by atoms with Crippen LogP contribution in [-0.4, -0.2) is 69.6 Å². The first-order valence-corrected chi connectivity index (χ1v) is 8.82. The van der Waals surface area contributed by atoms with Gasteiger partial charge in [-0.15, -0.1) is 0 Å². The van der Waals surface area contributed by atoms with E-state index in [0.29, 0.717) is 32.5 Å². The number of amides is 3. The van der Waals surface area contributed by atoms with E-state index in [0.717, 1.165) is 18.7 Å². The molecule has 0 aliphatic carbocycles. The maximum Gasteiger partial charge on any atom is 0.245 e. The van der Waals surface area contributed by atoms with Crippen LogP contribution < -0.4 is 0 Å². The van der Waals surface area contributed by atoms with Crippen molar-refractivity contribution in [2.75, 3.05) is 26.2 Å². The van der Waals surface area contributed by atoms with Gasteiger partial charge < -0.3 is 14.7 Å². The second-order valence-electron chi connectivity index (χ2n) is 6.62. The van der Waals surface area contributed by atoms with Gasteiger partial charge in [0.1, 0.15) is 6.04 Å². The van der Waals surface area contributed by atoms with Gasteiger partial charge in [0.25, 0.3) is 0 Å². The third-order valence-electron chi connectivity index (χ3n) is 4.87. The zero-order valence-corrected chi connectivity index (χ0v) is 14.6. The molecule has 0 spiro atoms. The zero-order chi connectivity index (χ0) is 17.8. The molecular weight excluding hydrogens is 320 g/mol. The maximum absolute atomic E-state index is 12.6. The fourth-order valence-electron chi connectivity index (χ4n) is 3.42. The first kappa shape index (κ1) is 17.4. The first-order chi connectivity index (χ1) is 12.1. The molecule has 3 rings (SSSR count). The van der Waals surface area contributed by atoms with Crippen LogP contribution in [0.15, 0.2) is 24.4 Å². The Hall–Kier alpha value is -2.44. The number of hydrogen-bond acceptors (Lipinski definition) is 4. The van der Waals surface area contributed by atoms with Crippen LogP contribution in [0.4, 0.5) is 0 Å². The van der Waals surface area contributed by atoms with Gasteiger partial charge in [-0.05, 0) is 31.9 Å². The highest BCUT2D eigenvalue weighted by Crippen LogP contribution is 2.16.